The summed E-state index contributed by atoms with van der Waals surface area (Å²) < 4.78 is 12.6. The summed E-state index contributed by atoms with van der Waals surface area (Å²) >= 11 is 23.1. The molecule has 0 N–H and O–H groups in total. The first kappa shape index (κ1) is 26.9. The highest BCUT2D eigenvalue weighted by molar-refractivity contribution is 9.10. The summed E-state index contributed by atoms with van der Waals surface area (Å²) in [6.45, 7) is 2.62. The van der Waals surface area contributed by atoms with Crippen LogP contribution in [0.15, 0.2) is 69.0 Å². The van der Waals surface area contributed by atoms with E-state index in [1.165, 1.54) is 16.7 Å². The summed E-state index contributed by atoms with van der Waals surface area (Å²) in [6, 6.07) is 16.2. The number of benzene rings is 3. The molecule has 10 heteroatoms. The summed E-state index contributed by atoms with van der Waals surface area (Å²) in [5.74, 6) is 0.999. The number of hydrogen-bond acceptors (Lipinski definition) is 5. The Hall–Kier alpha value is -2.16. The molecule has 1 saturated heterocycles. The van der Waals surface area contributed by atoms with Gasteiger partial charge in [0.05, 0.1) is 22.2 Å². The van der Waals surface area contributed by atoms with Gasteiger partial charge < -0.3 is 9.47 Å². The fourth-order valence-corrected chi connectivity index (χ4v) is 5.14. The van der Waals surface area contributed by atoms with Crippen molar-refractivity contribution in [1.82, 2.24) is 4.90 Å². The quantitative estimate of drug-likeness (QED) is 0.247. The van der Waals surface area contributed by atoms with E-state index in [2.05, 4.69) is 20.9 Å². The molecule has 3 aromatic carbocycles. The number of hydrogen-bond donors (Lipinski definition) is 0. The third-order valence-corrected chi connectivity index (χ3v) is 7.97. The topological polar surface area (TPSA) is 51.1 Å². The second-order valence-electron chi connectivity index (χ2n) is 7.63. The monoisotopic (exact) mass is 624 g/mol. The Labute approximate surface area is 237 Å². The normalized spacial score (nSPS) is 15.7. The minimum atomic E-state index is -0.141. The highest BCUT2D eigenvalue weighted by Gasteiger charge is 2.30. The van der Waals surface area contributed by atoms with Gasteiger partial charge in [-0.05, 0) is 88.7 Å². The molecule has 1 aliphatic heterocycles. The number of halogens is 4. The summed E-state index contributed by atoms with van der Waals surface area (Å²) in [6.07, 6.45) is 1.81. The number of ether oxygens (including phenoxy) is 2. The van der Waals surface area contributed by atoms with Crippen LogP contribution in [0, 0.1) is 0 Å². The smallest absolute Gasteiger partial charge is 0.266 e. The number of thioether (sulfide) groups is 1. The number of likely N-dealkylation sites (N-methyl/N-ethyl adjacent to an activating group) is 1. The molecule has 5 nitrogen and oxygen atoms in total. The Kier molecular flexibility index (Phi) is 8.91. The van der Waals surface area contributed by atoms with Crippen molar-refractivity contribution < 1.29 is 14.3 Å². The van der Waals surface area contributed by atoms with Gasteiger partial charge in [0.1, 0.15) is 6.61 Å². The van der Waals surface area contributed by atoms with E-state index in [0.717, 1.165) is 15.6 Å². The lowest BCUT2D eigenvalue weighted by molar-refractivity contribution is -0.121. The van der Waals surface area contributed by atoms with E-state index in [0.29, 0.717) is 48.9 Å². The SMILES string of the molecule is CCOc1cc(/C=C2\SC(=Nc3ccc(Br)c(Cl)c3)N(C)C2=O)ccc1OCc1ccc(Cl)cc1Cl. The highest BCUT2D eigenvalue weighted by Crippen LogP contribution is 2.36. The van der Waals surface area contributed by atoms with Gasteiger partial charge in [-0.3, -0.25) is 9.69 Å². The number of carbonyl (C=O) groups excluding carboxylic acids is 1. The second kappa shape index (κ2) is 11.9. The largest absolute Gasteiger partial charge is 0.490 e. The molecule has 0 radical (unpaired) electrons. The molecule has 0 aromatic heterocycles. The molecule has 0 atom stereocenters. The van der Waals surface area contributed by atoms with Gasteiger partial charge in [0.15, 0.2) is 16.7 Å². The molecule has 36 heavy (non-hydrogen) atoms. The number of amides is 1. The molecular weight excluding hydrogens is 607 g/mol. The van der Waals surface area contributed by atoms with Crippen molar-refractivity contribution in [1.29, 1.82) is 0 Å². The summed E-state index contributed by atoms with van der Waals surface area (Å²) in [4.78, 5) is 19.5. The first-order valence-electron chi connectivity index (χ1n) is 10.8. The molecule has 0 saturated carbocycles. The van der Waals surface area contributed by atoms with E-state index >= 15 is 0 Å². The van der Waals surface area contributed by atoms with E-state index in [-0.39, 0.29) is 12.5 Å². The predicted molar refractivity (Wildman–Crippen MR) is 153 cm³/mol. The second-order valence-corrected chi connectivity index (χ2v) is 10.7. The molecular formula is C26H20BrCl3N2O3S. The summed E-state index contributed by atoms with van der Waals surface area (Å²) in [5.41, 5.74) is 2.27. The van der Waals surface area contributed by atoms with Gasteiger partial charge in [-0.15, -0.1) is 0 Å². The minimum Gasteiger partial charge on any atom is -0.490 e. The molecule has 1 heterocycles. The van der Waals surface area contributed by atoms with Crippen LogP contribution in [0.1, 0.15) is 18.1 Å². The fraction of sp³-hybridized carbons (Fsp3) is 0.154. The summed E-state index contributed by atoms with van der Waals surface area (Å²) in [7, 11) is 1.69. The van der Waals surface area contributed by atoms with Crippen LogP contribution < -0.4 is 9.47 Å². The lowest BCUT2D eigenvalue weighted by Gasteiger charge is -2.13. The molecule has 0 aliphatic carbocycles. The third kappa shape index (κ3) is 6.39. The molecule has 0 unspecified atom stereocenters. The third-order valence-electron chi connectivity index (χ3n) is 5.10. The van der Waals surface area contributed by atoms with Crippen LogP contribution >= 0.6 is 62.5 Å². The Bertz CT molecular complexity index is 1380. The van der Waals surface area contributed by atoms with Crippen molar-refractivity contribution >= 4 is 85.3 Å². The van der Waals surface area contributed by atoms with Crippen LogP contribution in [0.3, 0.4) is 0 Å². The highest BCUT2D eigenvalue weighted by atomic mass is 79.9. The minimum absolute atomic E-state index is 0.141. The molecule has 1 amide bonds. The fourth-order valence-electron chi connectivity index (χ4n) is 3.26. The van der Waals surface area contributed by atoms with E-state index in [4.69, 9.17) is 44.3 Å². The molecule has 1 fully saturated rings. The van der Waals surface area contributed by atoms with Crippen molar-refractivity contribution in [3.63, 3.8) is 0 Å². The van der Waals surface area contributed by atoms with Gasteiger partial charge in [-0.1, -0.05) is 46.9 Å². The van der Waals surface area contributed by atoms with Gasteiger partial charge in [0, 0.05) is 27.1 Å². The lowest BCUT2D eigenvalue weighted by atomic mass is 10.1. The average Bonchev–Trinajstić information content (AvgIpc) is 3.09. The van der Waals surface area contributed by atoms with Crippen LogP contribution in [0.4, 0.5) is 5.69 Å². The Balaban J connectivity index is 1.55. The number of nitrogens with zero attached hydrogens (tertiary/aromatic N) is 2. The molecule has 3 aromatic rings. The first-order chi connectivity index (χ1) is 17.2. The Morgan fingerprint density at radius 3 is 2.53 bits per heavy atom. The van der Waals surface area contributed by atoms with Crippen molar-refractivity contribution in [2.24, 2.45) is 4.99 Å². The molecule has 0 spiro atoms. The van der Waals surface area contributed by atoms with Crippen LogP contribution in [0.25, 0.3) is 6.08 Å². The maximum atomic E-state index is 12.9. The Morgan fingerprint density at radius 1 is 1.00 bits per heavy atom. The molecule has 4 rings (SSSR count). The summed E-state index contributed by atoms with van der Waals surface area (Å²) in [5, 5.41) is 2.21. The van der Waals surface area contributed by atoms with Gasteiger partial charge in [-0.2, -0.15) is 0 Å². The molecule has 186 valence electrons. The van der Waals surface area contributed by atoms with Crippen LogP contribution in [0.5, 0.6) is 11.5 Å². The zero-order valence-corrected chi connectivity index (χ0v) is 23.9. The average molecular weight is 627 g/mol. The first-order valence-corrected chi connectivity index (χ1v) is 13.5. The van der Waals surface area contributed by atoms with Crippen molar-refractivity contribution in [3.05, 3.63) is 90.2 Å². The van der Waals surface area contributed by atoms with E-state index in [1.54, 1.807) is 25.2 Å². The Morgan fingerprint density at radius 2 is 1.81 bits per heavy atom. The van der Waals surface area contributed by atoms with Gasteiger partial charge in [0.2, 0.25) is 0 Å². The molecule has 0 bridgehead atoms. The lowest BCUT2D eigenvalue weighted by Crippen LogP contribution is -2.23. The van der Waals surface area contributed by atoms with Crippen molar-refractivity contribution in [3.8, 4) is 11.5 Å². The van der Waals surface area contributed by atoms with Crippen LogP contribution in [-0.2, 0) is 11.4 Å². The number of aliphatic imine (C=N–C) groups is 1. The molecule has 1 aliphatic rings. The zero-order chi connectivity index (χ0) is 25.8. The standard InChI is InChI=1S/C26H20BrCl3N2O3S/c1-3-34-23-10-15(4-9-22(23)35-14-16-5-6-17(28)12-20(16)29)11-24-25(33)32(2)26(36-24)31-18-7-8-19(27)21(30)13-18/h4-13H,3,14H2,1-2H3/b24-11-,31-26?. The number of amidine groups is 1. The number of carbonyl (C=O) groups is 1. The van der Waals surface area contributed by atoms with Crippen LogP contribution in [0.2, 0.25) is 15.1 Å². The van der Waals surface area contributed by atoms with E-state index < -0.39 is 0 Å². The van der Waals surface area contributed by atoms with Gasteiger partial charge in [0.25, 0.3) is 5.91 Å². The number of rotatable bonds is 7. The maximum Gasteiger partial charge on any atom is 0.266 e. The van der Waals surface area contributed by atoms with Crippen molar-refractivity contribution in [2.45, 2.75) is 13.5 Å². The van der Waals surface area contributed by atoms with E-state index in [1.807, 2.05) is 49.4 Å². The van der Waals surface area contributed by atoms with Crippen LogP contribution in [-0.4, -0.2) is 29.6 Å². The predicted octanol–water partition coefficient (Wildman–Crippen LogP) is 8.62. The van der Waals surface area contributed by atoms with Gasteiger partial charge >= 0.3 is 0 Å². The van der Waals surface area contributed by atoms with Crippen molar-refractivity contribution in [2.75, 3.05) is 13.7 Å². The van der Waals surface area contributed by atoms with Gasteiger partial charge in [-0.25, -0.2) is 4.99 Å². The maximum absolute atomic E-state index is 12.9. The zero-order valence-electron chi connectivity index (χ0n) is 19.2. The van der Waals surface area contributed by atoms with E-state index in [9.17, 15) is 4.79 Å².